The Bertz CT molecular complexity index is 1290. The second-order valence-corrected chi connectivity index (χ2v) is 29.5. The lowest BCUT2D eigenvalue weighted by atomic mass is 9.43. The summed E-state index contributed by atoms with van der Waals surface area (Å²) in [5.74, 6) is 13.8. The molecule has 12 saturated carbocycles. The van der Waals surface area contributed by atoms with Gasteiger partial charge in [0.05, 0.1) is 0 Å². The fraction of sp³-hybridized carbons (Fsp3) is 1.00. The van der Waals surface area contributed by atoms with Gasteiger partial charge in [-0.05, 0) is 182 Å². The van der Waals surface area contributed by atoms with Gasteiger partial charge in [0.15, 0.2) is 0 Å². The Hall–Kier alpha value is 0. The third kappa shape index (κ3) is 17.6. The van der Waals surface area contributed by atoms with Crippen LogP contribution < -0.4 is 0 Å². The van der Waals surface area contributed by atoms with Crippen molar-refractivity contribution in [2.75, 3.05) is 0 Å². The molecule has 0 aromatic rings. The van der Waals surface area contributed by atoms with Crippen molar-refractivity contribution in [2.45, 2.75) is 309 Å². The van der Waals surface area contributed by atoms with Gasteiger partial charge in [-0.15, -0.1) is 0 Å². The summed E-state index contributed by atoms with van der Waals surface area (Å²) < 4.78 is 16.0. The van der Waals surface area contributed by atoms with Crippen LogP contribution in [0.1, 0.15) is 312 Å². The van der Waals surface area contributed by atoms with E-state index in [1.54, 1.807) is 70.6 Å². The first-order chi connectivity index (χ1) is 31.9. The Balaban J connectivity index is 0.000000154. The third-order valence-corrected chi connectivity index (χ3v) is 21.2. The number of hydrogen-bond donors (Lipinski definition) is 0. The Kier molecular flexibility index (Phi) is 22.1. The van der Waals surface area contributed by atoms with Crippen LogP contribution in [0.25, 0.3) is 0 Å². The molecule has 388 valence electrons. The molecule has 12 fully saturated rings. The molecule has 12 rings (SSSR count). The number of rotatable bonds is 4. The standard InChI is InChI=1S/2C14H24.C11H22.C10H20.C9H18.C8H16/c1-13(2,3)14-7-10-4-11(8-14)6-12(5-10)9-14;1-14(2,3)13-11-5-9-4-10(7-11)8-12(13)6-9;1-10(2)11-8-6-4-3-5-7-9-11;1-9(2)10-7-5-3-4-6-8-10;1-8(2)9-6-4-3-5-7-9;1-7(2)8-5-3-4-6-8/h10-12H,4-9H2,1-3H3;9-13H,4-8H2,1-3H3;10-11H,3-9H2,1-2H3;9-10H,3-8H2,1-2H3;8-9H,3-7H2,1-2H3;7-8H,3-6H2,1-2H3/i;;;;9D;8D. The van der Waals surface area contributed by atoms with Crippen LogP contribution in [-0.2, 0) is 0 Å². The molecule has 0 saturated heterocycles. The molecule has 0 atom stereocenters. The molecule has 12 aliphatic rings. The Labute approximate surface area is 420 Å². The lowest BCUT2D eigenvalue weighted by Crippen LogP contribution is -2.51. The topological polar surface area (TPSA) is 0 Å². The molecule has 12 aliphatic carbocycles. The van der Waals surface area contributed by atoms with E-state index in [0.29, 0.717) is 22.7 Å². The molecule has 0 N–H and O–H groups in total. The maximum atomic E-state index is 8.08. The van der Waals surface area contributed by atoms with Crippen LogP contribution in [0.2, 0.25) is 0 Å². The lowest BCUT2D eigenvalue weighted by Gasteiger charge is -2.62. The summed E-state index contributed by atoms with van der Waals surface area (Å²) in [4.78, 5) is 0. The zero-order valence-corrected chi connectivity index (χ0v) is 47.9. The summed E-state index contributed by atoms with van der Waals surface area (Å²) in [6, 6.07) is 0. The van der Waals surface area contributed by atoms with E-state index in [1.807, 2.05) is 0 Å². The summed E-state index contributed by atoms with van der Waals surface area (Å²) in [5, 5.41) is 0. The molecule has 66 heavy (non-hydrogen) atoms. The van der Waals surface area contributed by atoms with Crippen molar-refractivity contribution in [3.05, 3.63) is 0 Å². The summed E-state index contributed by atoms with van der Waals surface area (Å²) >= 11 is 0. The van der Waals surface area contributed by atoms with Crippen molar-refractivity contribution >= 4 is 0 Å². The quantitative estimate of drug-likeness (QED) is 0.247. The summed E-state index contributed by atoms with van der Waals surface area (Å²) in [6.45, 7) is 33.1. The van der Waals surface area contributed by atoms with Gasteiger partial charge in [-0.1, -0.05) is 238 Å². The van der Waals surface area contributed by atoms with Crippen molar-refractivity contribution in [3.63, 3.8) is 0 Å². The second kappa shape index (κ2) is 27.2. The van der Waals surface area contributed by atoms with E-state index in [9.17, 15) is 0 Å². The molecule has 0 heterocycles. The molecular weight excluding hydrogens is 793 g/mol. The van der Waals surface area contributed by atoms with E-state index in [0.717, 1.165) is 102 Å². The van der Waals surface area contributed by atoms with Crippen LogP contribution in [0.5, 0.6) is 0 Å². The van der Waals surface area contributed by atoms with Crippen LogP contribution in [0.4, 0.5) is 0 Å². The zero-order valence-electron chi connectivity index (χ0n) is 49.9. The Morgan fingerprint density at radius 1 is 0.348 bits per heavy atom. The van der Waals surface area contributed by atoms with Crippen LogP contribution in [0.15, 0.2) is 0 Å². The van der Waals surface area contributed by atoms with Crippen molar-refractivity contribution in [1.82, 2.24) is 0 Å². The van der Waals surface area contributed by atoms with E-state index < -0.39 is 0 Å². The second-order valence-electron chi connectivity index (χ2n) is 29.5. The van der Waals surface area contributed by atoms with E-state index in [2.05, 4.69) is 96.9 Å². The van der Waals surface area contributed by atoms with E-state index in [4.69, 9.17) is 2.74 Å². The van der Waals surface area contributed by atoms with Crippen molar-refractivity contribution < 1.29 is 2.74 Å². The highest BCUT2D eigenvalue weighted by molar-refractivity contribution is 5.06. The molecule has 0 nitrogen and oxygen atoms in total. The SMILES string of the molecule is CC(C)(C)C12CC3CC(CC(C3)C1)C2.CC(C)(C)C1C2CC3CC(C2)CC1C3.CC(C)C1CCCCCC1.CC(C)C1CCCCCCC1.[2H]C1(C(C)C)CCCC1.[2H]C1(C(C)C)CCCCC1. The predicted molar refractivity (Wildman–Crippen MR) is 295 cm³/mol. The van der Waals surface area contributed by atoms with Gasteiger partial charge in [-0.2, -0.15) is 0 Å². The summed E-state index contributed by atoms with van der Waals surface area (Å²) in [5.41, 5.74) is 1.87. The molecule has 0 spiro atoms. The molecule has 0 radical (unpaired) electrons. The lowest BCUT2D eigenvalue weighted by molar-refractivity contribution is -0.113. The van der Waals surface area contributed by atoms with Crippen LogP contribution in [0, 0.1) is 111 Å². The number of hydrogen-bond acceptors (Lipinski definition) is 0. The molecule has 0 unspecified atom stereocenters. The average Bonchev–Trinajstić information content (AvgIpc) is 3.50. The predicted octanol–water partition coefficient (Wildman–Crippen LogP) is 22.0. The molecule has 8 bridgehead atoms. The minimum Gasteiger partial charge on any atom is -0.0625 e. The maximum Gasteiger partial charge on any atom is 0.0305 e. The van der Waals surface area contributed by atoms with Gasteiger partial charge >= 0.3 is 0 Å². The van der Waals surface area contributed by atoms with Crippen LogP contribution >= 0.6 is 0 Å². The highest BCUT2D eigenvalue weighted by Crippen LogP contribution is 2.66. The average molecular weight is 920 g/mol. The maximum absolute atomic E-state index is 8.08. The molecule has 0 aliphatic heterocycles. The van der Waals surface area contributed by atoms with Crippen molar-refractivity contribution in [3.8, 4) is 0 Å². The molecule has 0 amide bonds. The van der Waals surface area contributed by atoms with Crippen molar-refractivity contribution in [2.24, 2.45) is 111 Å². The van der Waals surface area contributed by atoms with Gasteiger partial charge in [0.25, 0.3) is 0 Å². The van der Waals surface area contributed by atoms with Gasteiger partial charge in [-0.3, -0.25) is 0 Å². The van der Waals surface area contributed by atoms with E-state index >= 15 is 0 Å². The van der Waals surface area contributed by atoms with Crippen molar-refractivity contribution in [1.29, 1.82) is 0 Å². The highest BCUT2D eigenvalue weighted by atomic mass is 14.6. The van der Waals surface area contributed by atoms with Gasteiger partial charge in [0.2, 0.25) is 0 Å². The molecule has 0 aromatic carbocycles. The first-order valence-electron chi connectivity index (χ1n) is 31.9. The smallest absolute Gasteiger partial charge is 0.0305 e. The third-order valence-electron chi connectivity index (χ3n) is 21.2. The minimum absolute atomic E-state index is 0.0556. The molecule has 0 heteroatoms. The zero-order chi connectivity index (χ0) is 49.9. The largest absolute Gasteiger partial charge is 0.0625 e. The molecule has 0 aromatic heterocycles. The first kappa shape index (κ1) is 53.8. The summed E-state index contributed by atoms with van der Waals surface area (Å²) in [6.07, 6.45) is 47.7. The van der Waals surface area contributed by atoms with E-state index in [1.165, 1.54) is 116 Å². The summed E-state index contributed by atoms with van der Waals surface area (Å²) in [7, 11) is 0. The Morgan fingerprint density at radius 2 is 0.621 bits per heavy atom. The normalized spacial score (nSPS) is 36.4. The van der Waals surface area contributed by atoms with Gasteiger partial charge in [0.1, 0.15) is 0 Å². The molecular formula is C66H124. The minimum atomic E-state index is -0.0712. The van der Waals surface area contributed by atoms with Crippen LogP contribution in [-0.4, -0.2) is 0 Å². The monoisotopic (exact) mass is 919 g/mol. The van der Waals surface area contributed by atoms with Crippen LogP contribution in [0.3, 0.4) is 0 Å². The van der Waals surface area contributed by atoms with Gasteiger partial charge in [-0.25, -0.2) is 0 Å². The van der Waals surface area contributed by atoms with Gasteiger partial charge in [0, 0.05) is 2.74 Å². The van der Waals surface area contributed by atoms with Gasteiger partial charge < -0.3 is 0 Å². The highest BCUT2D eigenvalue weighted by Gasteiger charge is 2.55. The fourth-order valence-corrected chi connectivity index (χ4v) is 17.5. The fourth-order valence-electron chi connectivity index (χ4n) is 17.5. The Morgan fingerprint density at radius 3 is 0.894 bits per heavy atom. The first-order valence-corrected chi connectivity index (χ1v) is 30.9. The van der Waals surface area contributed by atoms with E-state index in [-0.39, 0.29) is 11.8 Å².